The predicted octanol–water partition coefficient (Wildman–Crippen LogP) is 2.25. The number of hydrogen-bond acceptors (Lipinski definition) is 2. The smallest absolute Gasteiger partial charge is 0.187 e. The van der Waals surface area contributed by atoms with Gasteiger partial charge < -0.3 is 4.90 Å². The molecule has 0 amide bonds. The minimum atomic E-state index is 0.0439. The van der Waals surface area contributed by atoms with Crippen LogP contribution in [0.3, 0.4) is 0 Å². The predicted molar refractivity (Wildman–Crippen MR) is 58.3 cm³/mol. The molecule has 2 heteroatoms. The van der Waals surface area contributed by atoms with Crippen LogP contribution in [-0.4, -0.2) is 24.8 Å². The average molecular weight is 189 g/mol. The van der Waals surface area contributed by atoms with Crippen molar-refractivity contribution in [3.63, 3.8) is 0 Å². The molecule has 2 nitrogen and oxygen atoms in total. The summed E-state index contributed by atoms with van der Waals surface area (Å²) in [5.41, 5.74) is 1.84. The molecule has 0 N–H and O–H groups in total. The lowest BCUT2D eigenvalue weighted by Crippen LogP contribution is -2.03. The molecule has 0 aliphatic rings. The second kappa shape index (κ2) is 4.61. The number of carbonyl (C=O) groups excluding carboxylic acids is 1. The zero-order valence-electron chi connectivity index (χ0n) is 8.82. The minimum Gasteiger partial charge on any atom is -0.383 e. The average Bonchev–Trinajstić information content (AvgIpc) is 2.14. The Hall–Kier alpha value is -1.57. The van der Waals surface area contributed by atoms with E-state index in [1.165, 1.54) is 0 Å². The highest BCUT2D eigenvalue weighted by Crippen LogP contribution is 2.05. The van der Waals surface area contributed by atoms with E-state index in [-0.39, 0.29) is 5.78 Å². The molecule has 0 aliphatic heterocycles. The summed E-state index contributed by atoms with van der Waals surface area (Å²) in [5, 5.41) is 0. The van der Waals surface area contributed by atoms with Gasteiger partial charge in [0.15, 0.2) is 5.78 Å². The molecule has 0 spiro atoms. The van der Waals surface area contributed by atoms with Gasteiger partial charge in [0, 0.05) is 31.9 Å². The van der Waals surface area contributed by atoms with E-state index in [0.717, 1.165) is 11.1 Å². The number of ketones is 1. The Bertz CT molecular complexity index is 353. The summed E-state index contributed by atoms with van der Waals surface area (Å²) in [6.45, 7) is 1.98. The van der Waals surface area contributed by atoms with Crippen LogP contribution in [0.4, 0.5) is 0 Å². The van der Waals surface area contributed by atoms with Gasteiger partial charge in [0.2, 0.25) is 0 Å². The molecule has 0 heterocycles. The molecule has 0 saturated carbocycles. The van der Waals surface area contributed by atoms with Crippen molar-refractivity contribution in [2.75, 3.05) is 14.1 Å². The third kappa shape index (κ3) is 3.05. The molecule has 1 rings (SSSR count). The van der Waals surface area contributed by atoms with Crippen LogP contribution in [0.25, 0.3) is 0 Å². The van der Waals surface area contributed by atoms with E-state index in [0.29, 0.717) is 0 Å². The van der Waals surface area contributed by atoms with Crippen LogP contribution < -0.4 is 0 Å². The molecular weight excluding hydrogens is 174 g/mol. The van der Waals surface area contributed by atoms with Gasteiger partial charge in [0.1, 0.15) is 0 Å². The summed E-state index contributed by atoms with van der Waals surface area (Å²) in [6.07, 6.45) is 3.33. The minimum absolute atomic E-state index is 0.0439. The third-order valence-corrected chi connectivity index (χ3v) is 1.83. The summed E-state index contributed by atoms with van der Waals surface area (Å²) < 4.78 is 0. The van der Waals surface area contributed by atoms with Gasteiger partial charge in [-0.25, -0.2) is 0 Å². The van der Waals surface area contributed by atoms with Gasteiger partial charge in [-0.2, -0.15) is 0 Å². The molecule has 0 unspecified atom stereocenters. The Labute approximate surface area is 84.9 Å². The van der Waals surface area contributed by atoms with Crippen LogP contribution in [0.15, 0.2) is 36.5 Å². The number of benzene rings is 1. The highest BCUT2D eigenvalue weighted by molar-refractivity contribution is 6.04. The van der Waals surface area contributed by atoms with Crippen LogP contribution in [0, 0.1) is 6.92 Å². The molecule has 74 valence electrons. The number of rotatable bonds is 3. The molecule has 0 fully saturated rings. The lowest BCUT2D eigenvalue weighted by Gasteiger charge is -2.03. The maximum absolute atomic E-state index is 11.6. The normalized spacial score (nSPS) is 10.5. The fourth-order valence-electron chi connectivity index (χ4n) is 1.11. The molecule has 0 aromatic heterocycles. The molecule has 0 radical (unpaired) electrons. The Morgan fingerprint density at radius 2 is 2.07 bits per heavy atom. The van der Waals surface area contributed by atoms with E-state index < -0.39 is 0 Å². The summed E-state index contributed by atoms with van der Waals surface area (Å²) in [7, 11) is 3.78. The van der Waals surface area contributed by atoms with Crippen LogP contribution in [0.1, 0.15) is 15.9 Å². The van der Waals surface area contributed by atoms with E-state index in [2.05, 4.69) is 0 Å². The first-order valence-corrected chi connectivity index (χ1v) is 4.55. The van der Waals surface area contributed by atoms with Crippen LogP contribution in [-0.2, 0) is 0 Å². The molecule has 0 aliphatic carbocycles. The number of hydrogen-bond donors (Lipinski definition) is 0. The first-order chi connectivity index (χ1) is 6.59. The number of aryl methyl sites for hydroxylation is 1. The zero-order valence-corrected chi connectivity index (χ0v) is 8.82. The molecule has 0 bridgehead atoms. The molecule has 14 heavy (non-hydrogen) atoms. The number of carbonyl (C=O) groups is 1. The SMILES string of the molecule is Cc1cccc(C(=O)/C=C\N(C)C)c1. The standard InChI is InChI=1S/C12H15NO/c1-10-5-4-6-11(9-10)12(14)7-8-13(2)3/h4-9H,1-3H3/b8-7-. The zero-order chi connectivity index (χ0) is 10.6. The second-order valence-corrected chi connectivity index (χ2v) is 3.51. The van der Waals surface area contributed by atoms with Crippen LogP contribution >= 0.6 is 0 Å². The topological polar surface area (TPSA) is 20.3 Å². The summed E-state index contributed by atoms with van der Waals surface area (Å²) in [5.74, 6) is 0.0439. The number of allylic oxidation sites excluding steroid dienone is 1. The van der Waals surface area contributed by atoms with Gasteiger partial charge in [0.05, 0.1) is 0 Å². The lowest BCUT2D eigenvalue weighted by molar-refractivity contribution is 0.104. The van der Waals surface area contributed by atoms with Gasteiger partial charge in [-0.15, -0.1) is 0 Å². The van der Waals surface area contributed by atoms with E-state index in [1.807, 2.05) is 50.2 Å². The molecule has 0 atom stereocenters. The van der Waals surface area contributed by atoms with Crippen LogP contribution in [0.5, 0.6) is 0 Å². The summed E-state index contributed by atoms with van der Waals surface area (Å²) in [4.78, 5) is 13.4. The Morgan fingerprint density at radius 3 is 2.64 bits per heavy atom. The highest BCUT2D eigenvalue weighted by Gasteiger charge is 2.00. The first kappa shape index (κ1) is 10.5. The monoisotopic (exact) mass is 189 g/mol. The van der Waals surface area contributed by atoms with Gasteiger partial charge in [0.25, 0.3) is 0 Å². The maximum atomic E-state index is 11.6. The van der Waals surface area contributed by atoms with E-state index in [9.17, 15) is 4.79 Å². The van der Waals surface area contributed by atoms with Crippen molar-refractivity contribution >= 4 is 5.78 Å². The van der Waals surface area contributed by atoms with E-state index in [1.54, 1.807) is 12.3 Å². The quantitative estimate of drug-likeness (QED) is 0.537. The Balaban J connectivity index is 2.80. The first-order valence-electron chi connectivity index (χ1n) is 4.55. The third-order valence-electron chi connectivity index (χ3n) is 1.83. The van der Waals surface area contributed by atoms with Crippen molar-refractivity contribution in [2.45, 2.75) is 6.92 Å². The maximum Gasteiger partial charge on any atom is 0.187 e. The van der Waals surface area contributed by atoms with Crippen molar-refractivity contribution in [3.8, 4) is 0 Å². The van der Waals surface area contributed by atoms with Gasteiger partial charge in [-0.3, -0.25) is 4.79 Å². The summed E-state index contributed by atoms with van der Waals surface area (Å²) in [6, 6.07) is 7.59. The van der Waals surface area contributed by atoms with Gasteiger partial charge in [-0.05, 0) is 13.0 Å². The van der Waals surface area contributed by atoms with Crippen molar-refractivity contribution in [1.82, 2.24) is 4.90 Å². The molecule has 1 aromatic rings. The van der Waals surface area contributed by atoms with Gasteiger partial charge >= 0.3 is 0 Å². The fraction of sp³-hybridized carbons (Fsp3) is 0.250. The Morgan fingerprint density at radius 1 is 1.36 bits per heavy atom. The molecule has 1 aromatic carbocycles. The van der Waals surface area contributed by atoms with Crippen molar-refractivity contribution in [2.24, 2.45) is 0 Å². The fourth-order valence-corrected chi connectivity index (χ4v) is 1.11. The van der Waals surface area contributed by atoms with E-state index in [4.69, 9.17) is 0 Å². The summed E-state index contributed by atoms with van der Waals surface area (Å²) >= 11 is 0. The molecular formula is C12H15NO. The largest absolute Gasteiger partial charge is 0.383 e. The second-order valence-electron chi connectivity index (χ2n) is 3.51. The molecule has 0 saturated heterocycles. The lowest BCUT2D eigenvalue weighted by atomic mass is 10.1. The van der Waals surface area contributed by atoms with Gasteiger partial charge in [-0.1, -0.05) is 23.8 Å². The van der Waals surface area contributed by atoms with Crippen molar-refractivity contribution in [1.29, 1.82) is 0 Å². The Kier molecular flexibility index (Phi) is 3.46. The number of nitrogens with zero attached hydrogens (tertiary/aromatic N) is 1. The highest BCUT2D eigenvalue weighted by atomic mass is 16.1. The van der Waals surface area contributed by atoms with Crippen LogP contribution in [0.2, 0.25) is 0 Å². The van der Waals surface area contributed by atoms with Crippen molar-refractivity contribution < 1.29 is 4.79 Å². The van der Waals surface area contributed by atoms with E-state index >= 15 is 0 Å². The van der Waals surface area contributed by atoms with Crippen molar-refractivity contribution in [3.05, 3.63) is 47.7 Å².